The Morgan fingerprint density at radius 2 is 1.68 bits per heavy atom. The summed E-state index contributed by atoms with van der Waals surface area (Å²) in [5, 5.41) is 0. The Bertz CT molecular complexity index is 275. The zero-order valence-corrected chi connectivity index (χ0v) is 12.9. The lowest BCUT2D eigenvalue weighted by Crippen LogP contribution is -2.51. The van der Waals surface area contributed by atoms with E-state index < -0.39 is 0 Å². The van der Waals surface area contributed by atoms with E-state index in [0.29, 0.717) is 23.8 Å². The van der Waals surface area contributed by atoms with E-state index in [1.165, 1.54) is 44.9 Å². The Morgan fingerprint density at radius 1 is 1.05 bits per heavy atom. The highest BCUT2D eigenvalue weighted by Crippen LogP contribution is 2.36. The van der Waals surface area contributed by atoms with Gasteiger partial charge in [0.05, 0.1) is 0 Å². The molecular formula is C17H31NO. The Kier molecular flexibility index (Phi) is 5.87. The van der Waals surface area contributed by atoms with Gasteiger partial charge in [-0.3, -0.25) is 4.79 Å². The summed E-state index contributed by atoms with van der Waals surface area (Å²) in [6.07, 6.45) is 13.4. The van der Waals surface area contributed by atoms with Gasteiger partial charge < -0.3 is 4.90 Å². The van der Waals surface area contributed by atoms with E-state index in [0.717, 1.165) is 25.7 Å². The average Bonchev–Trinajstić information content (AvgIpc) is 2.38. The van der Waals surface area contributed by atoms with Gasteiger partial charge in [0.15, 0.2) is 0 Å². The van der Waals surface area contributed by atoms with Gasteiger partial charge in [-0.2, -0.15) is 0 Å². The molecule has 0 aliphatic carbocycles. The minimum Gasteiger partial charge on any atom is -0.300 e. The van der Waals surface area contributed by atoms with Gasteiger partial charge in [0.1, 0.15) is 5.78 Å². The molecule has 2 atom stereocenters. The van der Waals surface area contributed by atoms with Crippen LogP contribution in [-0.2, 0) is 4.79 Å². The number of fused-ring (bicyclic) bond motifs is 2. The molecule has 2 nitrogen and oxygen atoms in total. The number of hydrogen-bond acceptors (Lipinski definition) is 2. The summed E-state index contributed by atoms with van der Waals surface area (Å²) >= 11 is 0. The van der Waals surface area contributed by atoms with E-state index in [-0.39, 0.29) is 0 Å². The summed E-state index contributed by atoms with van der Waals surface area (Å²) in [5.74, 6) is 0.958. The number of ketones is 1. The minimum absolute atomic E-state index is 0.387. The molecule has 2 heterocycles. The van der Waals surface area contributed by atoms with Gasteiger partial charge in [-0.15, -0.1) is 0 Å². The number of carbonyl (C=O) groups is 1. The Balaban J connectivity index is 1.71. The van der Waals surface area contributed by atoms with Crippen molar-refractivity contribution in [3.63, 3.8) is 0 Å². The third-order valence-corrected chi connectivity index (χ3v) is 5.32. The Labute approximate surface area is 118 Å². The lowest BCUT2D eigenvalue weighted by atomic mass is 9.76. The zero-order chi connectivity index (χ0) is 13.7. The van der Waals surface area contributed by atoms with Crippen LogP contribution in [0.15, 0.2) is 0 Å². The predicted molar refractivity (Wildman–Crippen MR) is 80.3 cm³/mol. The monoisotopic (exact) mass is 265 g/mol. The van der Waals surface area contributed by atoms with Crippen LogP contribution in [0.4, 0.5) is 0 Å². The van der Waals surface area contributed by atoms with Crippen molar-refractivity contribution in [3.05, 3.63) is 0 Å². The van der Waals surface area contributed by atoms with E-state index in [9.17, 15) is 4.79 Å². The molecule has 2 saturated heterocycles. The highest BCUT2D eigenvalue weighted by molar-refractivity contribution is 5.81. The van der Waals surface area contributed by atoms with Gasteiger partial charge in [-0.25, -0.2) is 0 Å². The van der Waals surface area contributed by atoms with Crippen molar-refractivity contribution in [2.45, 2.75) is 89.6 Å². The average molecular weight is 265 g/mol. The Morgan fingerprint density at radius 3 is 2.32 bits per heavy atom. The molecule has 2 heteroatoms. The van der Waals surface area contributed by atoms with Crippen LogP contribution >= 0.6 is 0 Å². The minimum atomic E-state index is 0.387. The van der Waals surface area contributed by atoms with Gasteiger partial charge in [-0.05, 0) is 39.2 Å². The summed E-state index contributed by atoms with van der Waals surface area (Å²) in [6, 6.07) is 1.39. The van der Waals surface area contributed by atoms with Crippen LogP contribution in [0, 0.1) is 5.92 Å². The van der Waals surface area contributed by atoms with Crippen LogP contribution in [0.25, 0.3) is 0 Å². The zero-order valence-electron chi connectivity index (χ0n) is 12.9. The number of Topliss-reactive ketones (excluding diaryl/α,β-unsaturated/α-hetero) is 1. The highest BCUT2D eigenvalue weighted by atomic mass is 16.1. The van der Waals surface area contributed by atoms with Gasteiger partial charge in [-0.1, -0.05) is 39.0 Å². The van der Waals surface area contributed by atoms with Crippen LogP contribution in [-0.4, -0.2) is 29.8 Å². The summed E-state index contributed by atoms with van der Waals surface area (Å²) in [7, 11) is 2.26. The molecule has 110 valence electrons. The molecule has 0 saturated carbocycles. The molecule has 0 radical (unpaired) electrons. The molecule has 2 aliphatic rings. The number of unbranched alkanes of at least 4 members (excludes halogenated alkanes) is 4. The first-order valence-corrected chi connectivity index (χ1v) is 8.47. The highest BCUT2D eigenvalue weighted by Gasteiger charge is 2.38. The maximum atomic E-state index is 12.4. The van der Waals surface area contributed by atoms with Crippen LogP contribution in [0.1, 0.15) is 77.6 Å². The molecule has 0 N–H and O–H groups in total. The van der Waals surface area contributed by atoms with Crippen LogP contribution < -0.4 is 0 Å². The molecule has 2 rings (SSSR count). The van der Waals surface area contributed by atoms with E-state index in [1.54, 1.807) is 0 Å². The third kappa shape index (κ3) is 4.05. The fraction of sp³-hybridized carbons (Fsp3) is 0.941. The smallest absolute Gasteiger partial charge is 0.136 e. The largest absolute Gasteiger partial charge is 0.300 e. The molecule has 2 aliphatic heterocycles. The molecule has 19 heavy (non-hydrogen) atoms. The summed E-state index contributed by atoms with van der Waals surface area (Å²) in [4.78, 5) is 14.9. The molecule has 0 spiro atoms. The SMILES string of the molecule is CCCCCCCC(=O)C1CC2CCCC(C1)N2C. The van der Waals surface area contributed by atoms with Crippen LogP contribution in [0.2, 0.25) is 0 Å². The summed E-state index contributed by atoms with van der Waals surface area (Å²) in [5.41, 5.74) is 0. The van der Waals surface area contributed by atoms with E-state index in [4.69, 9.17) is 0 Å². The van der Waals surface area contributed by atoms with E-state index in [1.807, 2.05) is 0 Å². The first-order valence-electron chi connectivity index (χ1n) is 8.47. The van der Waals surface area contributed by atoms with Crippen molar-refractivity contribution in [1.82, 2.24) is 4.90 Å². The molecular weight excluding hydrogens is 234 g/mol. The molecule has 0 aromatic rings. The fourth-order valence-corrected chi connectivity index (χ4v) is 3.99. The van der Waals surface area contributed by atoms with Crippen LogP contribution in [0.5, 0.6) is 0 Å². The van der Waals surface area contributed by atoms with Crippen molar-refractivity contribution in [2.75, 3.05) is 7.05 Å². The maximum Gasteiger partial charge on any atom is 0.136 e. The van der Waals surface area contributed by atoms with Crippen LogP contribution in [0.3, 0.4) is 0 Å². The van der Waals surface area contributed by atoms with Gasteiger partial charge in [0.25, 0.3) is 0 Å². The van der Waals surface area contributed by atoms with Gasteiger partial charge in [0.2, 0.25) is 0 Å². The summed E-state index contributed by atoms with van der Waals surface area (Å²) < 4.78 is 0. The fourth-order valence-electron chi connectivity index (χ4n) is 3.99. The molecule has 0 aromatic carbocycles. The third-order valence-electron chi connectivity index (χ3n) is 5.32. The second kappa shape index (κ2) is 7.42. The number of hydrogen-bond donors (Lipinski definition) is 0. The predicted octanol–water partition coefficient (Wildman–Crippen LogP) is 4.18. The van der Waals surface area contributed by atoms with Gasteiger partial charge in [0, 0.05) is 24.4 Å². The second-order valence-corrected chi connectivity index (χ2v) is 6.70. The summed E-state index contributed by atoms with van der Waals surface area (Å²) in [6.45, 7) is 2.24. The van der Waals surface area contributed by atoms with Crippen molar-refractivity contribution in [3.8, 4) is 0 Å². The van der Waals surface area contributed by atoms with Crippen molar-refractivity contribution < 1.29 is 4.79 Å². The number of carbonyl (C=O) groups excluding carboxylic acids is 1. The van der Waals surface area contributed by atoms with Crippen molar-refractivity contribution in [1.29, 1.82) is 0 Å². The number of piperidine rings is 2. The molecule has 0 aromatic heterocycles. The normalized spacial score (nSPS) is 31.4. The van der Waals surface area contributed by atoms with Crippen molar-refractivity contribution >= 4 is 5.78 Å². The molecule has 2 fully saturated rings. The first kappa shape index (κ1) is 15.0. The second-order valence-electron chi connectivity index (χ2n) is 6.70. The van der Waals surface area contributed by atoms with E-state index in [2.05, 4.69) is 18.9 Å². The lowest BCUT2D eigenvalue weighted by Gasteiger charge is -2.46. The topological polar surface area (TPSA) is 20.3 Å². The Hall–Kier alpha value is -0.370. The van der Waals surface area contributed by atoms with Crippen molar-refractivity contribution in [2.24, 2.45) is 5.92 Å². The molecule has 2 bridgehead atoms. The lowest BCUT2D eigenvalue weighted by molar-refractivity contribution is -0.126. The molecule has 2 unspecified atom stereocenters. The number of rotatable bonds is 7. The van der Waals surface area contributed by atoms with Gasteiger partial charge >= 0.3 is 0 Å². The molecule has 0 amide bonds. The standard InChI is InChI=1S/C17H31NO/c1-3-4-5-6-7-11-17(19)14-12-15-9-8-10-16(13-14)18(15)2/h14-16H,3-13H2,1-2H3. The first-order chi connectivity index (χ1) is 9.22. The maximum absolute atomic E-state index is 12.4. The quantitative estimate of drug-likeness (QED) is 0.644. The van der Waals surface area contributed by atoms with E-state index >= 15 is 0 Å². The number of nitrogens with zero attached hydrogens (tertiary/aromatic N) is 1.